The van der Waals surface area contributed by atoms with Crippen LogP contribution >= 0.6 is 27.7 Å². The van der Waals surface area contributed by atoms with E-state index in [4.69, 9.17) is 10.5 Å². The van der Waals surface area contributed by atoms with E-state index in [0.29, 0.717) is 0 Å². The molecule has 0 fully saturated rings. The number of nitrogens with two attached hydrogens (primary N) is 1. The van der Waals surface area contributed by atoms with Crippen molar-refractivity contribution in [3.8, 4) is 5.75 Å². The van der Waals surface area contributed by atoms with Crippen LogP contribution in [0.3, 0.4) is 0 Å². The van der Waals surface area contributed by atoms with Crippen molar-refractivity contribution in [1.82, 2.24) is 0 Å². The van der Waals surface area contributed by atoms with Gasteiger partial charge in [-0.1, -0.05) is 15.9 Å². The number of hydrogen-bond donors (Lipinski definition) is 1. The largest absolute Gasteiger partial charge is 0.493 e. The standard InChI is InChI=1S/C15H13BrFNOS/c16-11-5-9-3-4-19-15(9)10(6-11)8-20-12-1-2-14(18)13(17)7-12/h1-2,5-7H,3-4,8,18H2. The number of nitrogen functional groups attached to an aromatic ring is 1. The lowest BCUT2D eigenvalue weighted by molar-refractivity contribution is 0.354. The highest BCUT2D eigenvalue weighted by Gasteiger charge is 2.17. The van der Waals surface area contributed by atoms with Crippen molar-refractivity contribution in [2.75, 3.05) is 12.3 Å². The molecule has 1 aliphatic heterocycles. The van der Waals surface area contributed by atoms with Gasteiger partial charge in [0.05, 0.1) is 12.3 Å². The average molecular weight is 354 g/mol. The molecule has 0 saturated carbocycles. The second-order valence-corrected chi connectivity index (χ2v) is 6.59. The smallest absolute Gasteiger partial charge is 0.147 e. The molecule has 0 amide bonds. The number of hydrogen-bond acceptors (Lipinski definition) is 3. The Labute approximate surface area is 129 Å². The van der Waals surface area contributed by atoms with E-state index in [1.165, 1.54) is 11.6 Å². The molecular formula is C15H13BrFNOS. The lowest BCUT2D eigenvalue weighted by Crippen LogP contribution is -1.92. The SMILES string of the molecule is Nc1ccc(SCc2cc(Br)cc3c2OCC3)cc1F. The molecule has 0 bridgehead atoms. The molecule has 1 heterocycles. The van der Waals surface area contributed by atoms with E-state index in [2.05, 4.69) is 28.1 Å². The molecule has 0 saturated heterocycles. The van der Waals surface area contributed by atoms with Crippen LogP contribution in [0.15, 0.2) is 39.7 Å². The van der Waals surface area contributed by atoms with Crippen molar-refractivity contribution in [2.45, 2.75) is 17.1 Å². The van der Waals surface area contributed by atoms with Gasteiger partial charge in [-0.3, -0.25) is 0 Å². The first-order chi connectivity index (χ1) is 9.63. The quantitative estimate of drug-likeness (QED) is 0.656. The molecule has 0 unspecified atom stereocenters. The fraction of sp³-hybridized carbons (Fsp3) is 0.200. The summed E-state index contributed by atoms with van der Waals surface area (Å²) in [4.78, 5) is 0.864. The van der Waals surface area contributed by atoms with Crippen molar-refractivity contribution in [3.05, 3.63) is 51.7 Å². The summed E-state index contributed by atoms with van der Waals surface area (Å²) in [5.74, 6) is 1.35. The predicted octanol–water partition coefficient (Wildman–Crippen LogP) is 4.40. The first kappa shape index (κ1) is 13.8. The Morgan fingerprint density at radius 1 is 1.30 bits per heavy atom. The van der Waals surface area contributed by atoms with Crippen LogP contribution in [0, 0.1) is 5.82 Å². The summed E-state index contributed by atoms with van der Waals surface area (Å²) in [7, 11) is 0. The number of ether oxygens (including phenoxy) is 1. The van der Waals surface area contributed by atoms with Gasteiger partial charge in [0, 0.05) is 27.1 Å². The summed E-state index contributed by atoms with van der Waals surface area (Å²) < 4.78 is 20.2. The Morgan fingerprint density at radius 3 is 2.95 bits per heavy atom. The second-order valence-electron chi connectivity index (χ2n) is 4.62. The summed E-state index contributed by atoms with van der Waals surface area (Å²) >= 11 is 5.10. The minimum atomic E-state index is -0.370. The molecule has 1 aliphatic rings. The lowest BCUT2D eigenvalue weighted by Gasteiger charge is -2.09. The van der Waals surface area contributed by atoms with Crippen molar-refractivity contribution >= 4 is 33.4 Å². The number of rotatable bonds is 3. The number of anilines is 1. The number of benzene rings is 2. The summed E-state index contributed by atoms with van der Waals surface area (Å²) in [5, 5.41) is 0. The Balaban J connectivity index is 1.80. The molecule has 0 aromatic heterocycles. The minimum Gasteiger partial charge on any atom is -0.493 e. The van der Waals surface area contributed by atoms with Gasteiger partial charge in [-0.15, -0.1) is 11.8 Å². The van der Waals surface area contributed by atoms with E-state index in [-0.39, 0.29) is 11.5 Å². The molecule has 0 radical (unpaired) electrons. The zero-order valence-corrected chi connectivity index (χ0v) is 13.1. The van der Waals surface area contributed by atoms with Gasteiger partial charge >= 0.3 is 0 Å². The highest BCUT2D eigenvalue weighted by Crippen LogP contribution is 2.36. The van der Waals surface area contributed by atoms with Gasteiger partial charge in [0.1, 0.15) is 11.6 Å². The summed E-state index contributed by atoms with van der Waals surface area (Å²) in [6, 6.07) is 9.06. The molecule has 20 heavy (non-hydrogen) atoms. The van der Waals surface area contributed by atoms with Crippen LogP contribution in [0.1, 0.15) is 11.1 Å². The molecule has 2 nitrogen and oxygen atoms in total. The third-order valence-corrected chi connectivity index (χ3v) is 4.69. The van der Waals surface area contributed by atoms with E-state index < -0.39 is 0 Å². The van der Waals surface area contributed by atoms with Crippen molar-refractivity contribution in [3.63, 3.8) is 0 Å². The van der Waals surface area contributed by atoms with Crippen LogP contribution in [0.4, 0.5) is 10.1 Å². The van der Waals surface area contributed by atoms with Gasteiger partial charge < -0.3 is 10.5 Å². The monoisotopic (exact) mass is 353 g/mol. The van der Waals surface area contributed by atoms with Crippen LogP contribution in [-0.2, 0) is 12.2 Å². The van der Waals surface area contributed by atoms with Gasteiger partial charge in [-0.05, 0) is 35.9 Å². The molecule has 3 rings (SSSR count). The normalized spacial score (nSPS) is 13.1. The summed E-state index contributed by atoms with van der Waals surface area (Å²) in [5.41, 5.74) is 8.03. The Kier molecular flexibility index (Phi) is 3.89. The number of fused-ring (bicyclic) bond motifs is 1. The van der Waals surface area contributed by atoms with Gasteiger partial charge in [0.15, 0.2) is 0 Å². The van der Waals surface area contributed by atoms with Crippen molar-refractivity contribution < 1.29 is 9.13 Å². The van der Waals surface area contributed by atoms with Crippen LogP contribution in [0.25, 0.3) is 0 Å². The molecule has 2 N–H and O–H groups in total. The molecule has 2 aromatic carbocycles. The molecule has 0 atom stereocenters. The zero-order chi connectivity index (χ0) is 14.1. The Hall–Kier alpha value is -1.20. The minimum absolute atomic E-state index is 0.182. The first-order valence-corrected chi connectivity index (χ1v) is 8.03. The Morgan fingerprint density at radius 2 is 2.15 bits per heavy atom. The second kappa shape index (κ2) is 5.66. The van der Waals surface area contributed by atoms with Gasteiger partial charge in [0.25, 0.3) is 0 Å². The molecule has 5 heteroatoms. The van der Waals surface area contributed by atoms with Crippen molar-refractivity contribution in [1.29, 1.82) is 0 Å². The van der Waals surface area contributed by atoms with Gasteiger partial charge in [-0.2, -0.15) is 0 Å². The Bertz CT molecular complexity index is 663. The fourth-order valence-corrected chi connectivity index (χ4v) is 3.65. The molecular weight excluding hydrogens is 341 g/mol. The van der Waals surface area contributed by atoms with E-state index in [9.17, 15) is 4.39 Å². The van der Waals surface area contributed by atoms with Crippen molar-refractivity contribution in [2.24, 2.45) is 0 Å². The number of halogens is 2. The first-order valence-electron chi connectivity index (χ1n) is 6.25. The lowest BCUT2D eigenvalue weighted by atomic mass is 10.1. The zero-order valence-electron chi connectivity index (χ0n) is 10.7. The molecule has 2 aromatic rings. The van der Waals surface area contributed by atoms with E-state index in [1.807, 2.05) is 6.07 Å². The highest BCUT2D eigenvalue weighted by atomic mass is 79.9. The highest BCUT2D eigenvalue weighted by molar-refractivity contribution is 9.10. The number of thioether (sulfide) groups is 1. The molecule has 104 valence electrons. The third-order valence-electron chi connectivity index (χ3n) is 3.19. The van der Waals surface area contributed by atoms with Gasteiger partial charge in [0.2, 0.25) is 0 Å². The average Bonchev–Trinajstić information content (AvgIpc) is 2.88. The van der Waals surface area contributed by atoms with Crippen LogP contribution in [0.5, 0.6) is 5.75 Å². The van der Waals surface area contributed by atoms with Crippen LogP contribution < -0.4 is 10.5 Å². The van der Waals surface area contributed by atoms with Crippen LogP contribution in [-0.4, -0.2) is 6.61 Å². The maximum Gasteiger partial charge on any atom is 0.147 e. The topological polar surface area (TPSA) is 35.2 Å². The van der Waals surface area contributed by atoms with E-state index in [1.54, 1.807) is 17.8 Å². The van der Waals surface area contributed by atoms with Gasteiger partial charge in [-0.25, -0.2) is 4.39 Å². The van der Waals surface area contributed by atoms with Crippen LogP contribution in [0.2, 0.25) is 0 Å². The summed E-state index contributed by atoms with van der Waals surface area (Å²) in [6.45, 7) is 0.736. The molecule has 0 aliphatic carbocycles. The fourth-order valence-electron chi connectivity index (χ4n) is 2.21. The van der Waals surface area contributed by atoms with E-state index in [0.717, 1.165) is 39.5 Å². The molecule has 0 spiro atoms. The summed E-state index contributed by atoms with van der Waals surface area (Å²) in [6.07, 6.45) is 0.947. The maximum atomic E-state index is 13.4. The third kappa shape index (κ3) is 2.79. The predicted molar refractivity (Wildman–Crippen MR) is 83.7 cm³/mol. The van der Waals surface area contributed by atoms with E-state index >= 15 is 0 Å². The maximum absolute atomic E-state index is 13.4.